The molecule has 0 aromatic heterocycles. The van der Waals surface area contributed by atoms with Gasteiger partial charge in [-0.05, 0) is 31.2 Å². The van der Waals surface area contributed by atoms with E-state index in [4.69, 9.17) is 0 Å². The van der Waals surface area contributed by atoms with Crippen molar-refractivity contribution in [3.05, 3.63) is 29.8 Å². The molecule has 104 valence electrons. The number of benzene rings is 1. The van der Waals surface area contributed by atoms with Gasteiger partial charge >= 0.3 is 0 Å². The van der Waals surface area contributed by atoms with E-state index in [1.807, 2.05) is 0 Å². The fourth-order valence-electron chi connectivity index (χ4n) is 3.43. The lowest BCUT2D eigenvalue weighted by molar-refractivity contribution is 0.0197. The molecule has 2 unspecified atom stereocenters. The summed E-state index contributed by atoms with van der Waals surface area (Å²) in [5.41, 5.74) is 0.608. The van der Waals surface area contributed by atoms with Gasteiger partial charge in [0.05, 0.1) is 13.7 Å². The van der Waals surface area contributed by atoms with Crippen LogP contribution in [-0.2, 0) is 5.60 Å². The second-order valence-electron chi connectivity index (χ2n) is 7.23. The molecule has 2 fully saturated rings. The van der Waals surface area contributed by atoms with Crippen molar-refractivity contribution in [2.75, 3.05) is 0 Å². The Hall–Kier alpha value is -0.253. The largest absolute Gasteiger partial charge is 0.385 e. The lowest BCUT2D eigenvalue weighted by atomic mass is 9.86. The van der Waals surface area contributed by atoms with E-state index in [1.165, 1.54) is 23.6 Å². The molecule has 1 N–H and O–H groups in total. The number of aliphatic hydroxyl groups is 1. The molecule has 3 rings (SSSR count). The third-order valence-corrected chi connectivity index (χ3v) is 8.21. The maximum atomic E-state index is 11.1. The summed E-state index contributed by atoms with van der Waals surface area (Å²) in [5, 5.41) is 13.9. The zero-order valence-electron chi connectivity index (χ0n) is 12.1. The SMILES string of the molecule is C[Si](C)(C)c1cccc(C2(O)CC3CCC(C2)S3)c1. The minimum Gasteiger partial charge on any atom is -0.385 e. The lowest BCUT2D eigenvalue weighted by Gasteiger charge is -2.37. The van der Waals surface area contributed by atoms with Gasteiger partial charge in [0.2, 0.25) is 0 Å². The molecule has 3 heteroatoms. The average molecular weight is 293 g/mol. The zero-order chi connectivity index (χ0) is 13.7. The van der Waals surface area contributed by atoms with Gasteiger partial charge in [-0.15, -0.1) is 0 Å². The summed E-state index contributed by atoms with van der Waals surface area (Å²) in [6.07, 6.45) is 4.49. The van der Waals surface area contributed by atoms with Crippen LogP contribution >= 0.6 is 11.8 Å². The Kier molecular flexibility index (Phi) is 3.35. The molecule has 0 saturated carbocycles. The smallest absolute Gasteiger partial charge is 0.0917 e. The van der Waals surface area contributed by atoms with Crippen molar-refractivity contribution in [2.24, 2.45) is 0 Å². The van der Waals surface area contributed by atoms with Crippen LogP contribution in [0.4, 0.5) is 0 Å². The van der Waals surface area contributed by atoms with Crippen molar-refractivity contribution >= 4 is 25.0 Å². The Balaban J connectivity index is 1.93. The third kappa shape index (κ3) is 2.65. The Morgan fingerprint density at radius 2 is 1.79 bits per heavy atom. The molecule has 0 aliphatic carbocycles. The summed E-state index contributed by atoms with van der Waals surface area (Å²) in [7, 11) is -1.30. The van der Waals surface area contributed by atoms with Crippen LogP contribution in [0, 0.1) is 0 Å². The van der Waals surface area contributed by atoms with Crippen LogP contribution < -0.4 is 5.19 Å². The van der Waals surface area contributed by atoms with Gasteiger partial charge in [-0.25, -0.2) is 0 Å². The van der Waals surface area contributed by atoms with Crippen molar-refractivity contribution in [3.63, 3.8) is 0 Å². The van der Waals surface area contributed by atoms with Crippen LogP contribution in [0.1, 0.15) is 31.2 Å². The van der Waals surface area contributed by atoms with Gasteiger partial charge < -0.3 is 5.11 Å². The fourth-order valence-corrected chi connectivity index (χ4v) is 6.45. The molecule has 2 atom stereocenters. The standard InChI is InChI=1S/C16H24OSSi/c1-19(2,3)15-6-4-5-12(9-15)16(17)10-13-7-8-14(11-16)18-13/h4-6,9,13-14,17H,7-8,10-11H2,1-3H3. The van der Waals surface area contributed by atoms with Crippen LogP contribution in [0.2, 0.25) is 19.6 Å². The first kappa shape index (κ1) is 13.7. The summed E-state index contributed by atoms with van der Waals surface area (Å²) in [6.45, 7) is 7.11. The highest BCUT2D eigenvalue weighted by Gasteiger charge is 2.44. The number of hydrogen-bond acceptors (Lipinski definition) is 2. The molecule has 2 heterocycles. The third-order valence-electron chi connectivity index (χ3n) is 4.59. The number of rotatable bonds is 2. The summed E-state index contributed by atoms with van der Waals surface area (Å²) in [6, 6.07) is 8.82. The summed E-state index contributed by atoms with van der Waals surface area (Å²) < 4.78 is 0. The van der Waals surface area contributed by atoms with E-state index in [2.05, 4.69) is 55.7 Å². The first-order chi connectivity index (χ1) is 8.87. The monoisotopic (exact) mass is 292 g/mol. The Bertz CT molecular complexity index is 468. The normalized spacial score (nSPS) is 34.5. The van der Waals surface area contributed by atoms with Crippen molar-refractivity contribution in [1.29, 1.82) is 0 Å². The van der Waals surface area contributed by atoms with E-state index in [-0.39, 0.29) is 0 Å². The van der Waals surface area contributed by atoms with Crippen molar-refractivity contribution in [3.8, 4) is 0 Å². The van der Waals surface area contributed by atoms with Crippen molar-refractivity contribution < 1.29 is 5.11 Å². The fraction of sp³-hybridized carbons (Fsp3) is 0.625. The number of fused-ring (bicyclic) bond motifs is 2. The summed E-state index contributed by atoms with van der Waals surface area (Å²) in [4.78, 5) is 0. The van der Waals surface area contributed by atoms with Gasteiger partial charge in [0.25, 0.3) is 0 Å². The maximum absolute atomic E-state index is 11.1. The van der Waals surface area contributed by atoms with Gasteiger partial charge in [-0.1, -0.05) is 49.1 Å². The van der Waals surface area contributed by atoms with E-state index in [9.17, 15) is 5.11 Å². The van der Waals surface area contributed by atoms with Gasteiger partial charge in [-0.3, -0.25) is 0 Å². The predicted octanol–water partition coefficient (Wildman–Crippen LogP) is 3.48. The second-order valence-corrected chi connectivity index (χ2v) is 13.9. The quantitative estimate of drug-likeness (QED) is 0.842. The lowest BCUT2D eigenvalue weighted by Crippen LogP contribution is -2.40. The van der Waals surface area contributed by atoms with E-state index in [0.29, 0.717) is 10.5 Å². The first-order valence-electron chi connectivity index (χ1n) is 7.36. The van der Waals surface area contributed by atoms with Crippen LogP contribution in [0.25, 0.3) is 0 Å². The summed E-state index contributed by atoms with van der Waals surface area (Å²) in [5.74, 6) is 0. The molecule has 1 nitrogen and oxygen atoms in total. The number of hydrogen-bond donors (Lipinski definition) is 1. The van der Waals surface area contributed by atoms with Crippen molar-refractivity contribution in [1.82, 2.24) is 0 Å². The molecule has 2 aliphatic rings. The van der Waals surface area contributed by atoms with E-state index in [0.717, 1.165) is 12.8 Å². The highest BCUT2D eigenvalue weighted by molar-refractivity contribution is 8.00. The zero-order valence-corrected chi connectivity index (χ0v) is 14.0. The van der Waals surface area contributed by atoms with E-state index >= 15 is 0 Å². The van der Waals surface area contributed by atoms with Gasteiger partial charge in [-0.2, -0.15) is 11.8 Å². The van der Waals surface area contributed by atoms with Gasteiger partial charge in [0.1, 0.15) is 0 Å². The minimum absolute atomic E-state index is 0.563. The molecular formula is C16H24OSSi. The molecule has 1 aromatic rings. The van der Waals surface area contributed by atoms with Crippen LogP contribution in [0.5, 0.6) is 0 Å². The highest BCUT2D eigenvalue weighted by atomic mass is 32.2. The number of thioether (sulfide) groups is 1. The Labute approximate surface area is 121 Å². The molecule has 2 aliphatic heterocycles. The van der Waals surface area contributed by atoms with E-state index < -0.39 is 13.7 Å². The van der Waals surface area contributed by atoms with Gasteiger partial charge in [0, 0.05) is 10.5 Å². The molecule has 2 saturated heterocycles. The van der Waals surface area contributed by atoms with Crippen LogP contribution in [0.15, 0.2) is 24.3 Å². The van der Waals surface area contributed by atoms with Crippen LogP contribution in [0.3, 0.4) is 0 Å². The average Bonchev–Trinajstić information content (AvgIpc) is 2.68. The maximum Gasteiger partial charge on any atom is 0.0917 e. The van der Waals surface area contributed by atoms with E-state index in [1.54, 1.807) is 0 Å². The molecular weight excluding hydrogens is 268 g/mol. The topological polar surface area (TPSA) is 20.2 Å². The molecule has 0 spiro atoms. The first-order valence-corrected chi connectivity index (χ1v) is 11.8. The minimum atomic E-state index is -1.30. The van der Waals surface area contributed by atoms with Gasteiger partial charge in [0.15, 0.2) is 0 Å². The predicted molar refractivity (Wildman–Crippen MR) is 87.0 cm³/mol. The Morgan fingerprint density at radius 3 is 2.37 bits per heavy atom. The molecule has 19 heavy (non-hydrogen) atoms. The summed E-state index contributed by atoms with van der Waals surface area (Å²) >= 11 is 2.11. The molecule has 0 radical (unpaired) electrons. The molecule has 0 amide bonds. The van der Waals surface area contributed by atoms with Crippen molar-refractivity contribution in [2.45, 2.75) is 61.4 Å². The molecule has 1 aromatic carbocycles. The molecule has 2 bridgehead atoms. The highest BCUT2D eigenvalue weighted by Crippen LogP contribution is 2.51. The van der Waals surface area contributed by atoms with Crippen LogP contribution in [-0.4, -0.2) is 23.7 Å². The Morgan fingerprint density at radius 1 is 1.16 bits per heavy atom. The second kappa shape index (κ2) is 4.64.